The number of nitrogens with zero attached hydrogens (tertiary/aromatic N) is 2. The van der Waals surface area contributed by atoms with Gasteiger partial charge in [0.25, 0.3) is 0 Å². The van der Waals surface area contributed by atoms with Crippen LogP contribution in [0.25, 0.3) is 0 Å². The molecule has 6 nitrogen and oxygen atoms in total. The second-order valence-electron chi connectivity index (χ2n) is 4.71. The number of halogens is 1. The SMILES string of the molecule is Cl.O=C(CN1CCC([N+](=O)[O-])CC1)Nc1ccccc1. The van der Waals surface area contributed by atoms with E-state index in [1.54, 1.807) is 0 Å². The van der Waals surface area contributed by atoms with Crippen LogP contribution in [-0.4, -0.2) is 41.4 Å². The van der Waals surface area contributed by atoms with E-state index in [0.29, 0.717) is 32.5 Å². The van der Waals surface area contributed by atoms with E-state index in [0.717, 1.165) is 5.69 Å². The van der Waals surface area contributed by atoms with Crippen molar-refractivity contribution < 1.29 is 9.72 Å². The molecule has 0 saturated carbocycles. The molecule has 1 aromatic carbocycles. The number of para-hydroxylation sites is 1. The third-order valence-electron chi connectivity index (χ3n) is 3.28. The fourth-order valence-electron chi connectivity index (χ4n) is 2.21. The van der Waals surface area contributed by atoms with Gasteiger partial charge < -0.3 is 5.32 Å². The van der Waals surface area contributed by atoms with Gasteiger partial charge in [0.05, 0.1) is 6.54 Å². The Labute approximate surface area is 123 Å². The van der Waals surface area contributed by atoms with Crippen LogP contribution in [0.4, 0.5) is 5.69 Å². The number of nitrogens with one attached hydrogen (secondary N) is 1. The molecule has 0 spiro atoms. The molecular formula is C13H18ClN3O3. The van der Waals surface area contributed by atoms with Gasteiger partial charge in [0.1, 0.15) is 0 Å². The number of piperidine rings is 1. The van der Waals surface area contributed by atoms with Crippen molar-refractivity contribution in [1.82, 2.24) is 4.90 Å². The number of benzene rings is 1. The molecule has 2 rings (SSSR count). The van der Waals surface area contributed by atoms with E-state index in [-0.39, 0.29) is 23.2 Å². The molecule has 0 unspecified atom stereocenters. The van der Waals surface area contributed by atoms with Crippen LogP contribution < -0.4 is 5.32 Å². The topological polar surface area (TPSA) is 75.5 Å². The summed E-state index contributed by atoms with van der Waals surface area (Å²) in [4.78, 5) is 24.2. The van der Waals surface area contributed by atoms with Crippen molar-refractivity contribution in [3.63, 3.8) is 0 Å². The minimum Gasteiger partial charge on any atom is -0.325 e. The molecular weight excluding hydrogens is 282 g/mol. The highest BCUT2D eigenvalue weighted by Crippen LogP contribution is 2.13. The zero-order valence-corrected chi connectivity index (χ0v) is 11.8. The van der Waals surface area contributed by atoms with Crippen LogP contribution in [0, 0.1) is 10.1 Å². The predicted octanol–water partition coefficient (Wildman–Crippen LogP) is 1.79. The summed E-state index contributed by atoms with van der Waals surface area (Å²) in [6.07, 6.45) is 1.04. The van der Waals surface area contributed by atoms with Gasteiger partial charge in [-0.3, -0.25) is 19.8 Å². The van der Waals surface area contributed by atoms with Gasteiger partial charge in [-0.15, -0.1) is 12.4 Å². The van der Waals surface area contributed by atoms with Crippen LogP contribution >= 0.6 is 12.4 Å². The molecule has 1 fully saturated rings. The lowest BCUT2D eigenvalue weighted by Gasteiger charge is -2.27. The maximum Gasteiger partial charge on any atom is 0.238 e. The van der Waals surface area contributed by atoms with Gasteiger partial charge in [-0.1, -0.05) is 18.2 Å². The third-order valence-corrected chi connectivity index (χ3v) is 3.28. The molecule has 1 saturated heterocycles. The van der Waals surface area contributed by atoms with Crippen LogP contribution in [0.1, 0.15) is 12.8 Å². The first-order chi connectivity index (χ1) is 9.15. The van der Waals surface area contributed by atoms with E-state index in [4.69, 9.17) is 0 Å². The van der Waals surface area contributed by atoms with Crippen molar-refractivity contribution in [3.05, 3.63) is 40.4 Å². The molecule has 1 aliphatic rings. The minimum absolute atomic E-state index is 0. The van der Waals surface area contributed by atoms with Crippen molar-refractivity contribution in [2.45, 2.75) is 18.9 Å². The van der Waals surface area contributed by atoms with E-state index in [1.165, 1.54) is 0 Å². The lowest BCUT2D eigenvalue weighted by Crippen LogP contribution is -2.42. The Balaban J connectivity index is 0.00000200. The first-order valence-electron chi connectivity index (χ1n) is 6.36. The summed E-state index contributed by atoms with van der Waals surface area (Å²) in [6.45, 7) is 1.50. The summed E-state index contributed by atoms with van der Waals surface area (Å²) in [6, 6.07) is 8.82. The fourth-order valence-corrected chi connectivity index (χ4v) is 2.21. The molecule has 0 radical (unpaired) electrons. The molecule has 0 aromatic heterocycles. The monoisotopic (exact) mass is 299 g/mol. The number of carbonyl (C=O) groups excluding carboxylic acids is 1. The number of hydrogen-bond acceptors (Lipinski definition) is 4. The van der Waals surface area contributed by atoms with Gasteiger partial charge in [-0.05, 0) is 12.1 Å². The Morgan fingerprint density at radius 1 is 1.30 bits per heavy atom. The summed E-state index contributed by atoms with van der Waals surface area (Å²) >= 11 is 0. The maximum absolute atomic E-state index is 11.8. The van der Waals surface area contributed by atoms with Crippen molar-refractivity contribution in [3.8, 4) is 0 Å². The number of carbonyl (C=O) groups is 1. The minimum atomic E-state index is -0.451. The zero-order valence-electron chi connectivity index (χ0n) is 11.0. The third kappa shape index (κ3) is 4.79. The first-order valence-corrected chi connectivity index (χ1v) is 6.36. The van der Waals surface area contributed by atoms with Crippen molar-refractivity contribution in [2.75, 3.05) is 25.0 Å². The molecule has 0 bridgehead atoms. The zero-order chi connectivity index (χ0) is 13.7. The number of rotatable bonds is 4. The average Bonchev–Trinajstić information content (AvgIpc) is 2.40. The van der Waals surface area contributed by atoms with E-state index >= 15 is 0 Å². The molecule has 1 heterocycles. The molecule has 0 aliphatic carbocycles. The number of nitro groups is 1. The Hall–Kier alpha value is -1.66. The van der Waals surface area contributed by atoms with Crippen LogP contribution in [0.5, 0.6) is 0 Å². The second kappa shape index (κ2) is 7.81. The highest BCUT2D eigenvalue weighted by atomic mass is 35.5. The number of anilines is 1. The van der Waals surface area contributed by atoms with E-state index in [9.17, 15) is 14.9 Å². The highest BCUT2D eigenvalue weighted by Gasteiger charge is 2.27. The molecule has 110 valence electrons. The fraction of sp³-hybridized carbons (Fsp3) is 0.462. The Morgan fingerprint density at radius 2 is 1.90 bits per heavy atom. The number of amides is 1. The van der Waals surface area contributed by atoms with E-state index in [2.05, 4.69) is 5.32 Å². The van der Waals surface area contributed by atoms with Crippen molar-refractivity contribution >= 4 is 24.0 Å². The largest absolute Gasteiger partial charge is 0.325 e. The Morgan fingerprint density at radius 3 is 2.45 bits per heavy atom. The van der Waals surface area contributed by atoms with Crippen molar-refractivity contribution in [2.24, 2.45) is 0 Å². The van der Waals surface area contributed by atoms with Gasteiger partial charge in [0.2, 0.25) is 11.9 Å². The number of hydrogen-bond donors (Lipinski definition) is 1. The van der Waals surface area contributed by atoms with Gasteiger partial charge in [-0.2, -0.15) is 0 Å². The Bertz CT molecular complexity index is 447. The molecule has 1 N–H and O–H groups in total. The second-order valence-corrected chi connectivity index (χ2v) is 4.71. The van der Waals surface area contributed by atoms with Gasteiger partial charge in [-0.25, -0.2) is 0 Å². The normalized spacial score (nSPS) is 16.2. The molecule has 1 aliphatic heterocycles. The lowest BCUT2D eigenvalue weighted by atomic mass is 10.1. The summed E-state index contributed by atoms with van der Waals surface area (Å²) in [7, 11) is 0. The maximum atomic E-state index is 11.8. The molecule has 1 amide bonds. The smallest absolute Gasteiger partial charge is 0.238 e. The van der Waals surface area contributed by atoms with Crippen LogP contribution in [0.3, 0.4) is 0 Å². The summed E-state index contributed by atoms with van der Waals surface area (Å²) in [5, 5.41) is 13.4. The van der Waals surface area contributed by atoms with Gasteiger partial charge >= 0.3 is 0 Å². The van der Waals surface area contributed by atoms with Crippen LogP contribution in [0.15, 0.2) is 30.3 Å². The van der Waals surface area contributed by atoms with E-state index in [1.807, 2.05) is 35.2 Å². The summed E-state index contributed by atoms with van der Waals surface area (Å²) < 4.78 is 0. The van der Waals surface area contributed by atoms with Crippen LogP contribution in [-0.2, 0) is 4.79 Å². The molecule has 1 aromatic rings. The standard InChI is InChI=1S/C13H17N3O3.ClH/c17-13(14-11-4-2-1-3-5-11)10-15-8-6-12(7-9-15)16(18)19;/h1-5,12H,6-10H2,(H,14,17);1H. The van der Waals surface area contributed by atoms with Crippen molar-refractivity contribution in [1.29, 1.82) is 0 Å². The predicted molar refractivity (Wildman–Crippen MR) is 78.8 cm³/mol. The molecule has 7 heteroatoms. The average molecular weight is 300 g/mol. The van der Waals surface area contributed by atoms with Gasteiger partial charge in [0, 0.05) is 36.5 Å². The summed E-state index contributed by atoms with van der Waals surface area (Å²) in [5.41, 5.74) is 0.771. The highest BCUT2D eigenvalue weighted by molar-refractivity contribution is 5.92. The van der Waals surface area contributed by atoms with Gasteiger partial charge in [0.15, 0.2) is 0 Å². The van der Waals surface area contributed by atoms with Crippen LogP contribution in [0.2, 0.25) is 0 Å². The number of likely N-dealkylation sites (tertiary alicyclic amines) is 1. The Kier molecular flexibility index (Phi) is 6.41. The molecule has 20 heavy (non-hydrogen) atoms. The first kappa shape index (κ1) is 16.4. The lowest BCUT2D eigenvalue weighted by molar-refractivity contribution is -0.526. The quantitative estimate of drug-likeness (QED) is 0.679. The summed E-state index contributed by atoms with van der Waals surface area (Å²) in [5.74, 6) is -0.0780. The van der Waals surface area contributed by atoms with E-state index < -0.39 is 6.04 Å². The molecule has 0 atom stereocenters.